The van der Waals surface area contributed by atoms with Gasteiger partial charge in [-0.25, -0.2) is 0 Å². The topological polar surface area (TPSA) is 24.8 Å². The van der Waals surface area contributed by atoms with Crippen LogP contribution in [-0.4, -0.2) is 36.9 Å². The number of nitrogens with zero attached hydrogens (tertiary/aromatic N) is 2. The average molecular weight is 367 g/mol. The molecule has 1 aliphatic heterocycles. The molecule has 1 aromatic carbocycles. The fourth-order valence-electron chi connectivity index (χ4n) is 6.70. The fourth-order valence-corrected chi connectivity index (χ4v) is 6.70. The van der Waals surface area contributed by atoms with Gasteiger partial charge in [-0.3, -0.25) is 0 Å². The van der Waals surface area contributed by atoms with Crippen LogP contribution in [0.15, 0.2) is 35.5 Å². The van der Waals surface area contributed by atoms with Gasteiger partial charge in [0, 0.05) is 24.8 Å². The summed E-state index contributed by atoms with van der Waals surface area (Å²) in [6.07, 6.45) is 10.9. The summed E-state index contributed by atoms with van der Waals surface area (Å²) in [5.41, 5.74) is 2.79. The van der Waals surface area contributed by atoms with Crippen LogP contribution in [0.25, 0.3) is 0 Å². The van der Waals surface area contributed by atoms with Crippen LogP contribution in [0.2, 0.25) is 0 Å². The van der Waals surface area contributed by atoms with E-state index in [1.165, 1.54) is 75.9 Å². The highest BCUT2D eigenvalue weighted by atomic mass is 16.6. The molecule has 0 spiro atoms. The summed E-state index contributed by atoms with van der Waals surface area (Å²) < 4.78 is 0. The summed E-state index contributed by atoms with van der Waals surface area (Å²) in [6.45, 7) is 4.54. The van der Waals surface area contributed by atoms with E-state index in [0.29, 0.717) is 12.5 Å². The van der Waals surface area contributed by atoms with E-state index in [-0.39, 0.29) is 0 Å². The molecule has 4 fully saturated rings. The molecule has 3 unspecified atom stereocenters. The Balaban J connectivity index is 1.26. The second-order valence-corrected chi connectivity index (χ2v) is 9.32. The van der Waals surface area contributed by atoms with Gasteiger partial charge in [-0.05, 0) is 68.5 Å². The lowest BCUT2D eigenvalue weighted by atomic mass is 9.74. The van der Waals surface area contributed by atoms with Gasteiger partial charge in [0.2, 0.25) is 0 Å². The minimum atomic E-state index is 0.671. The van der Waals surface area contributed by atoms with E-state index in [2.05, 4.69) is 35.2 Å². The zero-order valence-electron chi connectivity index (χ0n) is 16.6. The molecule has 3 heteroatoms. The van der Waals surface area contributed by atoms with Crippen molar-refractivity contribution in [2.75, 3.05) is 26.2 Å². The van der Waals surface area contributed by atoms with Gasteiger partial charge in [-0.2, -0.15) is 0 Å². The van der Waals surface area contributed by atoms with Gasteiger partial charge < -0.3 is 9.74 Å². The third-order valence-corrected chi connectivity index (χ3v) is 7.89. The minimum Gasteiger partial charge on any atom is -0.395 e. The van der Waals surface area contributed by atoms with E-state index in [1.54, 1.807) is 0 Å². The summed E-state index contributed by atoms with van der Waals surface area (Å²) >= 11 is 0. The standard InChI is InChI=1S/C24H34N2O/c1-3-8-18(9-4-1)12-15-27-25-24-22-16-21(19-10-7-11-20(19)22)23(24)17-26-13-5-2-6-14-26/h1,3-4,8-9,19-23H,2,5-7,10-17H2/b25-24+/t19?,20?,21-,22+,23?/m0/s1. The molecule has 3 aliphatic carbocycles. The molecule has 5 rings (SSSR count). The third kappa shape index (κ3) is 3.55. The fraction of sp³-hybridized carbons (Fsp3) is 0.708. The van der Waals surface area contributed by atoms with Crippen molar-refractivity contribution in [1.29, 1.82) is 0 Å². The molecular weight excluding hydrogens is 332 g/mol. The summed E-state index contributed by atoms with van der Waals surface area (Å²) in [7, 11) is 0. The highest BCUT2D eigenvalue weighted by Gasteiger charge is 2.57. The average Bonchev–Trinajstić information content (AvgIpc) is 3.40. The number of oxime groups is 1. The van der Waals surface area contributed by atoms with Crippen molar-refractivity contribution in [2.24, 2.45) is 34.7 Å². The molecule has 3 saturated carbocycles. The Labute approximate surface area is 164 Å². The van der Waals surface area contributed by atoms with E-state index in [9.17, 15) is 0 Å². The van der Waals surface area contributed by atoms with Gasteiger partial charge in [0.15, 0.2) is 0 Å². The zero-order valence-corrected chi connectivity index (χ0v) is 16.6. The van der Waals surface area contributed by atoms with Crippen LogP contribution in [0.5, 0.6) is 0 Å². The van der Waals surface area contributed by atoms with E-state index in [1.807, 2.05) is 0 Å². The van der Waals surface area contributed by atoms with Gasteiger partial charge in [-0.15, -0.1) is 0 Å². The molecule has 5 atom stereocenters. The Bertz CT molecular complexity index is 652. The van der Waals surface area contributed by atoms with E-state index in [4.69, 9.17) is 9.99 Å². The number of likely N-dealkylation sites (tertiary alicyclic amines) is 1. The first-order valence-corrected chi connectivity index (χ1v) is 11.4. The Morgan fingerprint density at radius 1 is 0.926 bits per heavy atom. The molecule has 27 heavy (non-hydrogen) atoms. The summed E-state index contributed by atoms with van der Waals surface area (Å²) in [6, 6.07) is 10.6. The lowest BCUT2D eigenvalue weighted by Gasteiger charge is -2.37. The maximum absolute atomic E-state index is 5.91. The smallest absolute Gasteiger partial charge is 0.121 e. The predicted octanol–water partition coefficient (Wildman–Crippen LogP) is 4.77. The Morgan fingerprint density at radius 3 is 2.59 bits per heavy atom. The van der Waals surface area contributed by atoms with Crippen LogP contribution >= 0.6 is 0 Å². The molecule has 1 aromatic rings. The highest BCUT2D eigenvalue weighted by molar-refractivity contribution is 5.92. The van der Waals surface area contributed by atoms with Crippen LogP contribution in [0.4, 0.5) is 0 Å². The maximum Gasteiger partial charge on any atom is 0.121 e. The van der Waals surface area contributed by atoms with Crippen LogP contribution in [-0.2, 0) is 11.3 Å². The number of benzene rings is 1. The quantitative estimate of drug-likeness (QED) is 0.535. The Kier molecular flexibility index (Phi) is 5.22. The molecule has 146 valence electrons. The van der Waals surface area contributed by atoms with Gasteiger partial charge in [0.1, 0.15) is 6.61 Å². The lowest BCUT2D eigenvalue weighted by molar-refractivity contribution is 0.133. The molecule has 2 bridgehead atoms. The number of rotatable bonds is 6. The number of hydrogen-bond acceptors (Lipinski definition) is 3. The molecule has 0 N–H and O–H groups in total. The molecule has 1 saturated heterocycles. The van der Waals surface area contributed by atoms with Crippen molar-refractivity contribution < 1.29 is 4.84 Å². The highest BCUT2D eigenvalue weighted by Crippen LogP contribution is 2.59. The van der Waals surface area contributed by atoms with Gasteiger partial charge in [0.25, 0.3) is 0 Å². The Morgan fingerprint density at radius 2 is 1.74 bits per heavy atom. The molecule has 0 amide bonds. The van der Waals surface area contributed by atoms with E-state index < -0.39 is 0 Å². The lowest BCUT2D eigenvalue weighted by Crippen LogP contribution is -2.42. The van der Waals surface area contributed by atoms with Crippen molar-refractivity contribution >= 4 is 5.71 Å². The number of fused-ring (bicyclic) bond motifs is 5. The third-order valence-electron chi connectivity index (χ3n) is 7.89. The number of piperidine rings is 1. The second-order valence-electron chi connectivity index (χ2n) is 9.32. The van der Waals surface area contributed by atoms with Crippen LogP contribution in [0, 0.1) is 29.6 Å². The summed E-state index contributed by atoms with van der Waals surface area (Å²) in [4.78, 5) is 8.63. The van der Waals surface area contributed by atoms with Crippen LogP contribution < -0.4 is 0 Å². The zero-order chi connectivity index (χ0) is 18.1. The molecule has 3 nitrogen and oxygen atoms in total. The number of hydrogen-bond donors (Lipinski definition) is 0. The predicted molar refractivity (Wildman–Crippen MR) is 110 cm³/mol. The maximum atomic E-state index is 5.91. The van der Waals surface area contributed by atoms with Crippen molar-refractivity contribution in [3.05, 3.63) is 35.9 Å². The van der Waals surface area contributed by atoms with Crippen molar-refractivity contribution in [3.63, 3.8) is 0 Å². The molecule has 0 radical (unpaired) electrons. The van der Waals surface area contributed by atoms with Gasteiger partial charge in [-0.1, -0.05) is 48.3 Å². The molecule has 4 aliphatic rings. The summed E-state index contributed by atoms with van der Waals surface area (Å²) in [5, 5.41) is 4.82. The molecular formula is C24H34N2O. The summed E-state index contributed by atoms with van der Waals surface area (Å²) in [5.74, 6) is 4.20. The van der Waals surface area contributed by atoms with E-state index in [0.717, 1.165) is 30.1 Å². The first-order chi connectivity index (χ1) is 13.4. The Hall–Kier alpha value is -1.35. The van der Waals surface area contributed by atoms with Crippen LogP contribution in [0.3, 0.4) is 0 Å². The normalized spacial score (nSPS) is 37.0. The molecule has 1 heterocycles. The van der Waals surface area contributed by atoms with Gasteiger partial charge >= 0.3 is 0 Å². The first kappa shape index (κ1) is 17.7. The van der Waals surface area contributed by atoms with Crippen molar-refractivity contribution in [3.8, 4) is 0 Å². The van der Waals surface area contributed by atoms with Crippen molar-refractivity contribution in [2.45, 2.75) is 51.4 Å². The first-order valence-electron chi connectivity index (χ1n) is 11.4. The molecule has 0 aromatic heterocycles. The second kappa shape index (κ2) is 7.95. The van der Waals surface area contributed by atoms with Crippen molar-refractivity contribution in [1.82, 2.24) is 4.90 Å². The van der Waals surface area contributed by atoms with Gasteiger partial charge in [0.05, 0.1) is 5.71 Å². The SMILES string of the molecule is c1ccc(CCO/N=C2/C(CN3CCCCC3)[C@H]3C[C@@H]2C2CCCC23)cc1. The van der Waals surface area contributed by atoms with Crippen LogP contribution in [0.1, 0.15) is 50.5 Å². The van der Waals surface area contributed by atoms with E-state index >= 15 is 0 Å². The largest absolute Gasteiger partial charge is 0.395 e. The monoisotopic (exact) mass is 366 g/mol. The minimum absolute atomic E-state index is 0.671.